The van der Waals surface area contributed by atoms with Gasteiger partial charge in [0.25, 0.3) is 0 Å². The summed E-state index contributed by atoms with van der Waals surface area (Å²) in [4.78, 5) is 18.9. The Kier molecular flexibility index (Phi) is 3.38. The summed E-state index contributed by atoms with van der Waals surface area (Å²) in [5, 5.41) is 0. The number of benzene rings is 1. The first-order valence-electron chi connectivity index (χ1n) is 5.71. The van der Waals surface area contributed by atoms with E-state index in [1.165, 1.54) is 11.1 Å². The van der Waals surface area contributed by atoms with Gasteiger partial charge in [0, 0.05) is 18.8 Å². The first-order chi connectivity index (χ1) is 8.15. The number of nitrogens with zero attached hydrogens (tertiary/aromatic N) is 1. The van der Waals surface area contributed by atoms with Gasteiger partial charge in [0.1, 0.15) is 11.6 Å². The molecule has 88 valence electrons. The Labute approximate surface area is 101 Å². The molecular formula is C14H16N2O. The Bertz CT molecular complexity index is 515. The van der Waals surface area contributed by atoms with Crippen LogP contribution in [0.2, 0.25) is 0 Å². The van der Waals surface area contributed by atoms with Crippen LogP contribution < -0.4 is 0 Å². The molecule has 2 rings (SSSR count). The molecule has 1 aromatic heterocycles. The molecule has 0 bridgehead atoms. The van der Waals surface area contributed by atoms with Gasteiger partial charge >= 0.3 is 0 Å². The van der Waals surface area contributed by atoms with Crippen molar-refractivity contribution in [2.45, 2.75) is 26.7 Å². The zero-order valence-electron chi connectivity index (χ0n) is 10.2. The molecule has 0 unspecified atom stereocenters. The average molecular weight is 228 g/mol. The van der Waals surface area contributed by atoms with Crippen LogP contribution in [0.25, 0.3) is 0 Å². The molecule has 0 saturated heterocycles. The van der Waals surface area contributed by atoms with E-state index in [2.05, 4.69) is 28.2 Å². The lowest BCUT2D eigenvalue weighted by atomic mass is 10.00. The van der Waals surface area contributed by atoms with Crippen molar-refractivity contribution in [3.05, 3.63) is 53.1 Å². The highest BCUT2D eigenvalue weighted by atomic mass is 16.1. The molecule has 1 N–H and O–H groups in total. The van der Waals surface area contributed by atoms with E-state index in [1.54, 1.807) is 12.4 Å². The minimum atomic E-state index is 0.189. The molecule has 0 fully saturated rings. The number of rotatable bonds is 4. The van der Waals surface area contributed by atoms with Crippen LogP contribution in [0.1, 0.15) is 22.5 Å². The zero-order chi connectivity index (χ0) is 12.3. The third-order valence-corrected chi connectivity index (χ3v) is 2.81. The summed E-state index contributed by atoms with van der Waals surface area (Å²) in [5.74, 6) is 0.925. The van der Waals surface area contributed by atoms with Gasteiger partial charge in [0.2, 0.25) is 0 Å². The summed E-state index contributed by atoms with van der Waals surface area (Å²) in [6, 6.07) is 6.20. The van der Waals surface area contributed by atoms with Gasteiger partial charge in [-0.1, -0.05) is 23.8 Å². The summed E-state index contributed by atoms with van der Waals surface area (Å²) < 4.78 is 0. The number of hydrogen-bond donors (Lipinski definition) is 1. The van der Waals surface area contributed by atoms with Crippen LogP contribution in [-0.2, 0) is 17.6 Å². The summed E-state index contributed by atoms with van der Waals surface area (Å²) >= 11 is 0. The third-order valence-electron chi connectivity index (χ3n) is 2.81. The van der Waals surface area contributed by atoms with Crippen LogP contribution in [-0.4, -0.2) is 15.8 Å². The van der Waals surface area contributed by atoms with E-state index in [0.29, 0.717) is 12.8 Å². The monoisotopic (exact) mass is 228 g/mol. The number of aromatic amines is 1. The van der Waals surface area contributed by atoms with Crippen LogP contribution in [0.3, 0.4) is 0 Å². The van der Waals surface area contributed by atoms with E-state index >= 15 is 0 Å². The molecule has 0 saturated carbocycles. The number of carbonyl (C=O) groups is 1. The summed E-state index contributed by atoms with van der Waals surface area (Å²) in [7, 11) is 0. The Morgan fingerprint density at radius 2 is 2.12 bits per heavy atom. The van der Waals surface area contributed by atoms with Gasteiger partial charge in [-0.25, -0.2) is 4.98 Å². The van der Waals surface area contributed by atoms with Crippen molar-refractivity contribution in [3.8, 4) is 0 Å². The van der Waals surface area contributed by atoms with Crippen LogP contribution in [0.4, 0.5) is 0 Å². The molecular weight excluding hydrogens is 212 g/mol. The molecule has 3 nitrogen and oxygen atoms in total. The highest BCUT2D eigenvalue weighted by molar-refractivity contribution is 5.82. The van der Waals surface area contributed by atoms with E-state index in [-0.39, 0.29) is 5.78 Å². The quantitative estimate of drug-likeness (QED) is 0.873. The van der Waals surface area contributed by atoms with Gasteiger partial charge in [-0.3, -0.25) is 4.79 Å². The van der Waals surface area contributed by atoms with E-state index in [4.69, 9.17) is 0 Å². The minimum absolute atomic E-state index is 0.189. The fraction of sp³-hybridized carbons (Fsp3) is 0.286. The third kappa shape index (κ3) is 3.03. The van der Waals surface area contributed by atoms with Crippen molar-refractivity contribution in [1.29, 1.82) is 0 Å². The number of nitrogens with one attached hydrogen (secondary N) is 1. The molecule has 0 amide bonds. The molecule has 1 heterocycles. The lowest BCUT2D eigenvalue weighted by Crippen LogP contribution is -2.08. The Balaban J connectivity index is 2.05. The molecule has 0 atom stereocenters. The highest BCUT2D eigenvalue weighted by Crippen LogP contribution is 2.12. The molecule has 0 spiro atoms. The van der Waals surface area contributed by atoms with Crippen molar-refractivity contribution in [2.24, 2.45) is 0 Å². The fourth-order valence-corrected chi connectivity index (χ4v) is 1.85. The predicted octanol–water partition coefficient (Wildman–Crippen LogP) is 2.38. The average Bonchev–Trinajstić information content (AvgIpc) is 2.76. The molecule has 0 radical (unpaired) electrons. The summed E-state index contributed by atoms with van der Waals surface area (Å²) in [6.07, 6.45) is 4.26. The van der Waals surface area contributed by atoms with Crippen molar-refractivity contribution in [3.63, 3.8) is 0 Å². The van der Waals surface area contributed by atoms with Crippen molar-refractivity contribution in [1.82, 2.24) is 9.97 Å². The van der Waals surface area contributed by atoms with Gasteiger partial charge in [0.05, 0.1) is 6.42 Å². The Morgan fingerprint density at radius 3 is 2.82 bits per heavy atom. The van der Waals surface area contributed by atoms with Gasteiger partial charge in [0.15, 0.2) is 0 Å². The molecule has 0 aliphatic rings. The fourth-order valence-electron chi connectivity index (χ4n) is 1.85. The second-order valence-electron chi connectivity index (χ2n) is 4.36. The SMILES string of the molecule is Cc1ccc(C)c(CC(=O)Cc2ncc[nH]2)c1. The number of hydrogen-bond acceptors (Lipinski definition) is 2. The maximum Gasteiger partial charge on any atom is 0.144 e. The molecule has 0 aliphatic carbocycles. The van der Waals surface area contributed by atoms with Crippen molar-refractivity contribution in [2.75, 3.05) is 0 Å². The topological polar surface area (TPSA) is 45.8 Å². The second kappa shape index (κ2) is 4.95. The van der Waals surface area contributed by atoms with Crippen LogP contribution in [0.5, 0.6) is 0 Å². The van der Waals surface area contributed by atoms with Crippen molar-refractivity contribution >= 4 is 5.78 Å². The van der Waals surface area contributed by atoms with Crippen molar-refractivity contribution < 1.29 is 4.79 Å². The van der Waals surface area contributed by atoms with E-state index < -0.39 is 0 Å². The second-order valence-corrected chi connectivity index (χ2v) is 4.36. The lowest BCUT2D eigenvalue weighted by molar-refractivity contribution is -0.117. The highest BCUT2D eigenvalue weighted by Gasteiger charge is 2.08. The number of H-pyrrole nitrogens is 1. The molecule has 3 heteroatoms. The Morgan fingerprint density at radius 1 is 1.29 bits per heavy atom. The van der Waals surface area contributed by atoms with Gasteiger partial charge in [-0.2, -0.15) is 0 Å². The predicted molar refractivity (Wildman–Crippen MR) is 66.9 cm³/mol. The van der Waals surface area contributed by atoms with Crippen LogP contribution in [0.15, 0.2) is 30.6 Å². The minimum Gasteiger partial charge on any atom is -0.348 e. The number of imidazole rings is 1. The first kappa shape index (κ1) is 11.6. The smallest absolute Gasteiger partial charge is 0.144 e. The maximum absolute atomic E-state index is 11.9. The number of ketones is 1. The van der Waals surface area contributed by atoms with E-state index in [0.717, 1.165) is 11.4 Å². The van der Waals surface area contributed by atoms with E-state index in [9.17, 15) is 4.79 Å². The van der Waals surface area contributed by atoms with Crippen LogP contribution >= 0.6 is 0 Å². The zero-order valence-corrected chi connectivity index (χ0v) is 10.2. The standard InChI is InChI=1S/C14H16N2O/c1-10-3-4-11(2)12(7-10)8-13(17)9-14-15-5-6-16-14/h3-7H,8-9H2,1-2H3,(H,15,16). The summed E-state index contributed by atoms with van der Waals surface area (Å²) in [6.45, 7) is 4.08. The van der Waals surface area contributed by atoms with Gasteiger partial charge in [-0.15, -0.1) is 0 Å². The van der Waals surface area contributed by atoms with E-state index in [1.807, 2.05) is 13.8 Å². The first-order valence-corrected chi connectivity index (χ1v) is 5.71. The summed E-state index contributed by atoms with van der Waals surface area (Å²) in [5.41, 5.74) is 3.47. The molecule has 2 aromatic rings. The number of Topliss-reactive ketones (excluding diaryl/α,β-unsaturated/α-hetero) is 1. The normalized spacial score (nSPS) is 10.5. The molecule has 0 aliphatic heterocycles. The molecule has 1 aromatic carbocycles. The lowest BCUT2D eigenvalue weighted by Gasteiger charge is -2.05. The maximum atomic E-state index is 11.9. The number of aryl methyl sites for hydroxylation is 2. The van der Waals surface area contributed by atoms with Gasteiger partial charge in [-0.05, 0) is 25.0 Å². The number of aromatic nitrogens is 2. The Hall–Kier alpha value is -1.90. The molecule has 17 heavy (non-hydrogen) atoms. The van der Waals surface area contributed by atoms with Gasteiger partial charge < -0.3 is 4.98 Å². The number of carbonyl (C=O) groups excluding carboxylic acids is 1. The van der Waals surface area contributed by atoms with Crippen LogP contribution in [0, 0.1) is 13.8 Å². The largest absolute Gasteiger partial charge is 0.348 e.